The molecule has 2 heterocycles. The second-order valence-corrected chi connectivity index (χ2v) is 4.51. The molecule has 15 heavy (non-hydrogen) atoms. The minimum atomic E-state index is -0.411. The monoisotopic (exact) mass is 212 g/mol. The van der Waals surface area contributed by atoms with Crippen LogP contribution in [0.4, 0.5) is 0 Å². The molecule has 2 rings (SSSR count). The molecule has 84 valence electrons. The van der Waals surface area contributed by atoms with E-state index in [-0.39, 0.29) is 12.0 Å². The van der Waals surface area contributed by atoms with Gasteiger partial charge in [-0.05, 0) is 18.8 Å². The van der Waals surface area contributed by atoms with Crippen molar-refractivity contribution >= 4 is 11.9 Å². The Hall–Kier alpha value is -0.900. The second kappa shape index (κ2) is 3.93. The first kappa shape index (κ1) is 10.6. The normalized spacial score (nSPS) is 41.7. The molecule has 0 aliphatic carbocycles. The van der Waals surface area contributed by atoms with Gasteiger partial charge in [0.05, 0.1) is 17.9 Å². The molecule has 0 aromatic rings. The van der Waals surface area contributed by atoms with Gasteiger partial charge in [0.15, 0.2) is 0 Å². The van der Waals surface area contributed by atoms with Crippen LogP contribution < -0.4 is 0 Å². The second-order valence-electron chi connectivity index (χ2n) is 4.51. The van der Waals surface area contributed by atoms with E-state index in [1.54, 1.807) is 6.92 Å². The molecule has 0 aromatic carbocycles. The molecule has 4 unspecified atom stereocenters. The molecule has 0 N–H and O–H groups in total. The van der Waals surface area contributed by atoms with Gasteiger partial charge in [0.2, 0.25) is 0 Å². The van der Waals surface area contributed by atoms with E-state index in [1.165, 1.54) is 0 Å². The molecule has 0 aromatic heterocycles. The molecule has 0 bridgehead atoms. The Bertz CT molecular complexity index is 286. The molecule has 0 saturated carbocycles. The predicted molar refractivity (Wildman–Crippen MR) is 51.9 cm³/mol. The summed E-state index contributed by atoms with van der Waals surface area (Å²) < 4.78 is 10.2. The predicted octanol–water partition coefficient (Wildman–Crippen LogP) is 1.14. The van der Waals surface area contributed by atoms with Crippen molar-refractivity contribution in [3.63, 3.8) is 0 Å². The summed E-state index contributed by atoms with van der Waals surface area (Å²) in [6.45, 7) is 4.48. The van der Waals surface area contributed by atoms with Crippen LogP contribution in [-0.4, -0.2) is 24.6 Å². The van der Waals surface area contributed by atoms with E-state index in [0.717, 1.165) is 12.8 Å². The molecule has 0 radical (unpaired) electrons. The summed E-state index contributed by atoms with van der Waals surface area (Å²) in [6.07, 6.45) is 1.93. The summed E-state index contributed by atoms with van der Waals surface area (Å²) >= 11 is 0. The number of ether oxygens (including phenoxy) is 2. The van der Waals surface area contributed by atoms with Gasteiger partial charge < -0.3 is 9.47 Å². The quantitative estimate of drug-likeness (QED) is 0.483. The fraction of sp³-hybridized carbons (Fsp3) is 0.818. The Balaban J connectivity index is 2.14. The zero-order chi connectivity index (χ0) is 11.0. The zero-order valence-corrected chi connectivity index (χ0v) is 9.06. The number of hydrogen-bond acceptors (Lipinski definition) is 4. The van der Waals surface area contributed by atoms with Crippen LogP contribution in [0, 0.1) is 17.8 Å². The first-order chi connectivity index (χ1) is 7.11. The highest BCUT2D eigenvalue weighted by molar-refractivity contribution is 5.96. The van der Waals surface area contributed by atoms with Crippen molar-refractivity contribution in [3.8, 4) is 0 Å². The third-order valence-electron chi connectivity index (χ3n) is 3.41. The fourth-order valence-corrected chi connectivity index (χ4v) is 2.44. The van der Waals surface area contributed by atoms with E-state index in [0.29, 0.717) is 12.5 Å². The van der Waals surface area contributed by atoms with E-state index in [1.807, 2.05) is 0 Å². The van der Waals surface area contributed by atoms with Crippen LogP contribution in [0.1, 0.15) is 26.7 Å². The van der Waals surface area contributed by atoms with E-state index in [9.17, 15) is 9.59 Å². The lowest BCUT2D eigenvalue weighted by Crippen LogP contribution is -2.39. The van der Waals surface area contributed by atoms with Gasteiger partial charge in [-0.25, -0.2) is 0 Å². The van der Waals surface area contributed by atoms with Crippen LogP contribution in [0.25, 0.3) is 0 Å². The molecule has 2 fully saturated rings. The number of cyclic esters (lactones) is 2. The maximum atomic E-state index is 11.5. The largest absolute Gasteiger partial charge is 0.393 e. The summed E-state index contributed by atoms with van der Waals surface area (Å²) in [7, 11) is 0. The molecule has 0 spiro atoms. The number of carbonyl (C=O) groups excluding carboxylic acids is 2. The van der Waals surface area contributed by atoms with Crippen LogP contribution in [0.5, 0.6) is 0 Å². The fourth-order valence-electron chi connectivity index (χ4n) is 2.44. The molecule has 2 aliphatic rings. The van der Waals surface area contributed by atoms with Gasteiger partial charge in [0.25, 0.3) is 0 Å². The molecule has 2 saturated heterocycles. The minimum Gasteiger partial charge on any atom is -0.393 e. The van der Waals surface area contributed by atoms with E-state index in [4.69, 9.17) is 4.74 Å². The molecule has 4 nitrogen and oxygen atoms in total. The van der Waals surface area contributed by atoms with Gasteiger partial charge in [0.1, 0.15) is 0 Å². The highest BCUT2D eigenvalue weighted by atomic mass is 16.6. The molecule has 4 heteroatoms. The van der Waals surface area contributed by atoms with Crippen LogP contribution in [0.3, 0.4) is 0 Å². The minimum absolute atomic E-state index is 0.146. The summed E-state index contributed by atoms with van der Waals surface area (Å²) in [5, 5.41) is 0. The summed E-state index contributed by atoms with van der Waals surface area (Å²) in [6, 6.07) is 0. The highest BCUT2D eigenvalue weighted by Crippen LogP contribution is 2.35. The molecule has 4 atom stereocenters. The van der Waals surface area contributed by atoms with Crippen molar-refractivity contribution in [2.24, 2.45) is 17.8 Å². The molecule has 2 aliphatic heterocycles. The summed E-state index contributed by atoms with van der Waals surface area (Å²) in [5.41, 5.74) is 0. The number of hydrogen-bond donors (Lipinski definition) is 0. The van der Waals surface area contributed by atoms with Crippen LogP contribution in [-0.2, 0) is 19.1 Å². The van der Waals surface area contributed by atoms with Crippen LogP contribution in [0.2, 0.25) is 0 Å². The molecular formula is C11H16O4. The lowest BCUT2D eigenvalue weighted by Gasteiger charge is -2.32. The number of carbonyl (C=O) groups is 2. The zero-order valence-electron chi connectivity index (χ0n) is 9.06. The first-order valence-corrected chi connectivity index (χ1v) is 5.48. The summed E-state index contributed by atoms with van der Waals surface area (Å²) in [5.74, 6) is -1.25. The lowest BCUT2D eigenvalue weighted by molar-refractivity contribution is -0.156. The standard InChI is InChI=1S/C11H16O4/c1-6-4-3-5-14-9(6)8-7(2)10(12)15-11(8)13/h6-9H,3-5H2,1-2H3. The maximum Gasteiger partial charge on any atom is 0.320 e. The average Bonchev–Trinajstić information content (AvgIpc) is 2.43. The Morgan fingerprint density at radius 1 is 1.20 bits per heavy atom. The van der Waals surface area contributed by atoms with Crippen molar-refractivity contribution in [1.29, 1.82) is 0 Å². The SMILES string of the molecule is CC1CCCOC1C1C(=O)OC(=O)C1C. The number of esters is 2. The van der Waals surface area contributed by atoms with Gasteiger partial charge in [-0.15, -0.1) is 0 Å². The van der Waals surface area contributed by atoms with Crippen molar-refractivity contribution in [3.05, 3.63) is 0 Å². The van der Waals surface area contributed by atoms with Crippen molar-refractivity contribution in [1.82, 2.24) is 0 Å². The van der Waals surface area contributed by atoms with Crippen LogP contribution >= 0.6 is 0 Å². The first-order valence-electron chi connectivity index (χ1n) is 5.48. The van der Waals surface area contributed by atoms with Crippen molar-refractivity contribution < 1.29 is 19.1 Å². The van der Waals surface area contributed by atoms with E-state index in [2.05, 4.69) is 11.7 Å². The Morgan fingerprint density at radius 3 is 2.47 bits per heavy atom. The summed E-state index contributed by atoms with van der Waals surface area (Å²) in [4.78, 5) is 22.8. The third-order valence-corrected chi connectivity index (χ3v) is 3.41. The van der Waals surface area contributed by atoms with Crippen molar-refractivity contribution in [2.75, 3.05) is 6.61 Å². The Morgan fingerprint density at radius 2 is 1.93 bits per heavy atom. The van der Waals surface area contributed by atoms with Gasteiger partial charge in [-0.3, -0.25) is 9.59 Å². The van der Waals surface area contributed by atoms with E-state index >= 15 is 0 Å². The van der Waals surface area contributed by atoms with Gasteiger partial charge in [-0.1, -0.05) is 13.8 Å². The van der Waals surface area contributed by atoms with Gasteiger partial charge in [-0.2, -0.15) is 0 Å². The molecular weight excluding hydrogens is 196 g/mol. The Labute approximate surface area is 88.9 Å². The maximum absolute atomic E-state index is 11.5. The third kappa shape index (κ3) is 1.78. The highest BCUT2D eigenvalue weighted by Gasteiger charge is 2.48. The smallest absolute Gasteiger partial charge is 0.320 e. The molecule has 0 amide bonds. The van der Waals surface area contributed by atoms with Crippen molar-refractivity contribution in [2.45, 2.75) is 32.8 Å². The van der Waals surface area contributed by atoms with Gasteiger partial charge >= 0.3 is 11.9 Å². The topological polar surface area (TPSA) is 52.6 Å². The van der Waals surface area contributed by atoms with Gasteiger partial charge in [0, 0.05) is 6.61 Å². The number of rotatable bonds is 1. The average molecular weight is 212 g/mol. The Kier molecular flexibility index (Phi) is 2.78. The lowest BCUT2D eigenvalue weighted by atomic mass is 9.82. The van der Waals surface area contributed by atoms with Crippen LogP contribution in [0.15, 0.2) is 0 Å². The van der Waals surface area contributed by atoms with E-state index < -0.39 is 17.9 Å².